The third-order valence-corrected chi connectivity index (χ3v) is 6.21. The van der Waals surface area contributed by atoms with E-state index < -0.39 is 5.41 Å². The highest BCUT2D eigenvalue weighted by Gasteiger charge is 2.45. The van der Waals surface area contributed by atoms with Gasteiger partial charge < -0.3 is 14.9 Å². The first-order valence-electron chi connectivity index (χ1n) is 10.5. The van der Waals surface area contributed by atoms with Crippen molar-refractivity contribution >= 4 is 0 Å². The fraction of sp³-hybridized carbons (Fsp3) is 0.143. The van der Waals surface area contributed by atoms with Crippen LogP contribution in [0.3, 0.4) is 0 Å². The minimum Gasteiger partial charge on any atom is -0.508 e. The summed E-state index contributed by atoms with van der Waals surface area (Å²) in [5, 5.41) is 19.1. The Balaban J connectivity index is 1.83. The van der Waals surface area contributed by atoms with E-state index in [1.807, 2.05) is 25.1 Å². The van der Waals surface area contributed by atoms with E-state index in [2.05, 4.69) is 60.7 Å². The number of hydrogen-bond donors (Lipinski definition) is 2. The maximum Gasteiger partial charge on any atom is 0.122 e. The molecular weight excluding hydrogens is 384 g/mol. The van der Waals surface area contributed by atoms with Crippen LogP contribution >= 0.6 is 0 Å². The second-order valence-electron chi connectivity index (χ2n) is 7.94. The molecule has 0 saturated carbocycles. The van der Waals surface area contributed by atoms with Gasteiger partial charge in [0.15, 0.2) is 0 Å². The number of phenols is 1. The molecule has 0 aromatic heterocycles. The topological polar surface area (TPSA) is 49.7 Å². The Labute approximate surface area is 182 Å². The van der Waals surface area contributed by atoms with Gasteiger partial charge in [-0.15, -0.1) is 0 Å². The Morgan fingerprint density at radius 3 is 1.90 bits per heavy atom. The van der Waals surface area contributed by atoms with Gasteiger partial charge >= 0.3 is 0 Å². The Kier molecular flexibility index (Phi) is 4.76. The van der Waals surface area contributed by atoms with Crippen LogP contribution in [0.5, 0.6) is 11.5 Å². The summed E-state index contributed by atoms with van der Waals surface area (Å²) in [6.45, 7) is 2.29. The molecule has 0 amide bonds. The lowest BCUT2D eigenvalue weighted by Crippen LogP contribution is -2.28. The lowest BCUT2D eigenvalue weighted by Gasteiger charge is -2.34. The van der Waals surface area contributed by atoms with Crippen molar-refractivity contribution in [3.63, 3.8) is 0 Å². The Morgan fingerprint density at radius 1 is 0.742 bits per heavy atom. The molecule has 4 aromatic rings. The predicted octanol–water partition coefficient (Wildman–Crippen LogP) is 5.43. The van der Waals surface area contributed by atoms with Gasteiger partial charge in [-0.2, -0.15) is 0 Å². The lowest BCUT2D eigenvalue weighted by atomic mass is 9.67. The number of hydrogen-bond acceptors (Lipinski definition) is 3. The van der Waals surface area contributed by atoms with E-state index in [1.54, 1.807) is 12.1 Å². The van der Waals surface area contributed by atoms with Crippen molar-refractivity contribution in [1.29, 1.82) is 0 Å². The van der Waals surface area contributed by atoms with Crippen LogP contribution in [-0.2, 0) is 5.41 Å². The van der Waals surface area contributed by atoms with E-state index in [1.165, 1.54) is 22.3 Å². The number of benzene rings is 4. The van der Waals surface area contributed by atoms with Gasteiger partial charge in [-0.05, 0) is 64.1 Å². The first kappa shape index (κ1) is 19.4. The van der Waals surface area contributed by atoms with Gasteiger partial charge in [-0.1, -0.05) is 72.8 Å². The smallest absolute Gasteiger partial charge is 0.122 e. The number of ether oxygens (including phenoxy) is 1. The van der Waals surface area contributed by atoms with Gasteiger partial charge in [-0.25, -0.2) is 0 Å². The van der Waals surface area contributed by atoms with Gasteiger partial charge in [0.05, 0.1) is 12.0 Å². The third-order valence-electron chi connectivity index (χ3n) is 6.21. The highest BCUT2D eigenvalue weighted by atomic mass is 16.5. The molecule has 0 unspecified atom stereocenters. The van der Waals surface area contributed by atoms with E-state index >= 15 is 0 Å². The first-order valence-corrected chi connectivity index (χ1v) is 10.5. The standard InChI is InChI=1S/C28H24O3/c1-19-18-21(12-15-27(19)31-17-16-29)28(20-10-13-22(30)14-11-20)25-8-4-2-6-23(25)24-7-3-5-9-26(24)28/h2-15,18,29-30H,16-17H2,1H3. The molecule has 0 atom stereocenters. The molecule has 3 nitrogen and oxygen atoms in total. The summed E-state index contributed by atoms with van der Waals surface area (Å²) >= 11 is 0. The molecule has 31 heavy (non-hydrogen) atoms. The van der Waals surface area contributed by atoms with Crippen molar-refractivity contribution in [3.8, 4) is 22.6 Å². The molecule has 4 aromatic carbocycles. The maximum atomic E-state index is 9.97. The average molecular weight is 408 g/mol. The Bertz CT molecular complexity index is 1200. The number of aromatic hydroxyl groups is 1. The van der Waals surface area contributed by atoms with E-state index in [0.29, 0.717) is 0 Å². The van der Waals surface area contributed by atoms with E-state index in [-0.39, 0.29) is 19.0 Å². The normalized spacial score (nSPS) is 13.5. The minimum atomic E-state index is -0.499. The summed E-state index contributed by atoms with van der Waals surface area (Å²) in [6.07, 6.45) is 0. The zero-order valence-corrected chi connectivity index (χ0v) is 17.4. The highest BCUT2D eigenvalue weighted by molar-refractivity contribution is 5.86. The molecule has 3 heteroatoms. The zero-order valence-electron chi connectivity index (χ0n) is 17.4. The van der Waals surface area contributed by atoms with Crippen LogP contribution in [0.15, 0.2) is 91.0 Å². The molecule has 0 saturated heterocycles. The molecule has 0 heterocycles. The van der Waals surface area contributed by atoms with Gasteiger partial charge in [0.1, 0.15) is 18.1 Å². The summed E-state index contributed by atoms with van der Waals surface area (Å²) in [4.78, 5) is 0. The van der Waals surface area contributed by atoms with Crippen LogP contribution in [-0.4, -0.2) is 23.4 Å². The van der Waals surface area contributed by atoms with Crippen molar-refractivity contribution in [2.75, 3.05) is 13.2 Å². The number of fused-ring (bicyclic) bond motifs is 3. The quantitative estimate of drug-likeness (QED) is 0.407. The van der Waals surface area contributed by atoms with Crippen LogP contribution in [0.2, 0.25) is 0 Å². The monoisotopic (exact) mass is 408 g/mol. The molecule has 154 valence electrons. The third kappa shape index (κ3) is 2.93. The second kappa shape index (κ2) is 7.60. The van der Waals surface area contributed by atoms with E-state index in [4.69, 9.17) is 9.84 Å². The van der Waals surface area contributed by atoms with E-state index in [0.717, 1.165) is 22.4 Å². The fourth-order valence-corrected chi connectivity index (χ4v) is 4.94. The average Bonchev–Trinajstić information content (AvgIpc) is 3.10. The summed E-state index contributed by atoms with van der Waals surface area (Å²) in [5.74, 6) is 1.03. The highest BCUT2D eigenvalue weighted by Crippen LogP contribution is 2.56. The molecule has 0 aliphatic heterocycles. The lowest BCUT2D eigenvalue weighted by molar-refractivity contribution is 0.200. The number of rotatable bonds is 5. The molecule has 2 N–H and O–H groups in total. The van der Waals surface area contributed by atoms with Crippen molar-refractivity contribution in [2.45, 2.75) is 12.3 Å². The number of aryl methyl sites for hydroxylation is 1. The summed E-state index contributed by atoms with van der Waals surface area (Å²) in [7, 11) is 0. The minimum absolute atomic E-state index is 0.0145. The van der Waals surface area contributed by atoms with Crippen LogP contribution in [0.1, 0.15) is 27.8 Å². The number of aliphatic hydroxyl groups excluding tert-OH is 1. The van der Waals surface area contributed by atoms with Crippen LogP contribution in [0.4, 0.5) is 0 Å². The van der Waals surface area contributed by atoms with Gasteiger partial charge in [0.25, 0.3) is 0 Å². The van der Waals surface area contributed by atoms with Gasteiger partial charge in [-0.3, -0.25) is 0 Å². The first-order chi connectivity index (χ1) is 15.2. The maximum absolute atomic E-state index is 9.97. The Hall–Kier alpha value is -3.56. The van der Waals surface area contributed by atoms with Crippen LogP contribution in [0.25, 0.3) is 11.1 Å². The molecule has 0 spiro atoms. The molecule has 1 aliphatic rings. The number of aliphatic hydroxyl groups is 1. The van der Waals surface area contributed by atoms with Crippen molar-refractivity contribution in [3.05, 3.63) is 119 Å². The SMILES string of the molecule is Cc1cc(C2(c3ccc(O)cc3)c3ccccc3-c3ccccc32)ccc1OCCO. The van der Waals surface area contributed by atoms with Crippen molar-refractivity contribution in [1.82, 2.24) is 0 Å². The van der Waals surface area contributed by atoms with Crippen LogP contribution < -0.4 is 4.74 Å². The zero-order chi connectivity index (χ0) is 21.4. The van der Waals surface area contributed by atoms with Gasteiger partial charge in [0.2, 0.25) is 0 Å². The molecule has 5 rings (SSSR count). The molecule has 0 radical (unpaired) electrons. The summed E-state index contributed by atoms with van der Waals surface area (Å²) in [6, 6.07) is 30.9. The van der Waals surface area contributed by atoms with E-state index in [9.17, 15) is 5.11 Å². The van der Waals surface area contributed by atoms with Crippen molar-refractivity contribution < 1.29 is 14.9 Å². The molecule has 0 fully saturated rings. The van der Waals surface area contributed by atoms with Gasteiger partial charge in [0, 0.05) is 0 Å². The largest absolute Gasteiger partial charge is 0.508 e. The van der Waals surface area contributed by atoms with Crippen molar-refractivity contribution in [2.24, 2.45) is 0 Å². The predicted molar refractivity (Wildman–Crippen MR) is 123 cm³/mol. The number of phenolic OH excluding ortho intramolecular Hbond substituents is 1. The molecule has 1 aliphatic carbocycles. The Morgan fingerprint density at radius 2 is 1.32 bits per heavy atom. The molecule has 0 bridgehead atoms. The molecular formula is C28H24O3. The fourth-order valence-electron chi connectivity index (χ4n) is 4.94. The van der Waals surface area contributed by atoms with Crippen LogP contribution in [0, 0.1) is 6.92 Å². The summed E-state index contributed by atoms with van der Waals surface area (Å²) < 4.78 is 5.71. The second-order valence-corrected chi connectivity index (χ2v) is 7.94. The summed E-state index contributed by atoms with van der Waals surface area (Å²) in [5.41, 5.74) is 7.67.